The average Bonchev–Trinajstić information content (AvgIpc) is 3.02. The molecule has 2 aliphatic rings. The third-order valence-corrected chi connectivity index (χ3v) is 7.57. The van der Waals surface area contributed by atoms with Gasteiger partial charge in [0, 0.05) is 37.8 Å². The summed E-state index contributed by atoms with van der Waals surface area (Å²) in [5.41, 5.74) is 3.20. The van der Waals surface area contributed by atoms with Crippen molar-refractivity contribution in [3.8, 4) is 5.75 Å². The normalized spacial score (nSPS) is 15.6. The number of amides is 1. The van der Waals surface area contributed by atoms with Gasteiger partial charge in [-0.25, -0.2) is 24.5 Å². The van der Waals surface area contributed by atoms with Crippen LogP contribution in [0.15, 0.2) is 42.5 Å². The summed E-state index contributed by atoms with van der Waals surface area (Å²) in [6.07, 6.45) is 3.21. The third-order valence-electron chi connectivity index (χ3n) is 7.57. The highest BCUT2D eigenvalue weighted by Crippen LogP contribution is 2.37. The second-order valence-electron chi connectivity index (χ2n) is 10.5. The Hall–Kier alpha value is -4.61. The van der Waals surface area contributed by atoms with Crippen molar-refractivity contribution in [2.24, 2.45) is 0 Å². The molecule has 1 atom stereocenters. The zero-order chi connectivity index (χ0) is 29.5. The van der Waals surface area contributed by atoms with E-state index in [-0.39, 0.29) is 13.2 Å². The van der Waals surface area contributed by atoms with Crippen LogP contribution in [0.2, 0.25) is 0 Å². The number of aryl methyl sites for hydroxylation is 2. The van der Waals surface area contributed by atoms with E-state index in [2.05, 4.69) is 43.0 Å². The summed E-state index contributed by atoms with van der Waals surface area (Å²) in [5.74, 6) is 2.10. The van der Waals surface area contributed by atoms with Gasteiger partial charge < -0.3 is 35.4 Å². The molecule has 12 heteroatoms. The largest absolute Gasteiger partial charge is 0.490 e. The molecule has 0 saturated carbocycles. The monoisotopic (exact) mass is 575 g/mol. The van der Waals surface area contributed by atoms with Gasteiger partial charge in [0.05, 0.1) is 7.11 Å². The molecule has 1 amide bonds. The molecular formula is C30H37N7O5. The van der Waals surface area contributed by atoms with Crippen molar-refractivity contribution in [2.45, 2.75) is 51.2 Å². The summed E-state index contributed by atoms with van der Waals surface area (Å²) in [5, 5.41) is 18.6. The molecule has 1 fully saturated rings. The number of methoxy groups -OCH3 is 1. The summed E-state index contributed by atoms with van der Waals surface area (Å²) in [4.78, 5) is 40.4. The Bertz CT molecular complexity index is 1400. The lowest BCUT2D eigenvalue weighted by Crippen LogP contribution is -2.45. The van der Waals surface area contributed by atoms with E-state index in [0.717, 1.165) is 62.4 Å². The smallest absolute Gasteiger partial charge is 0.408 e. The fourth-order valence-corrected chi connectivity index (χ4v) is 5.33. The third kappa shape index (κ3) is 6.99. The van der Waals surface area contributed by atoms with Crippen LogP contribution >= 0.6 is 0 Å². The lowest BCUT2D eigenvalue weighted by molar-refractivity contribution is -0.139. The lowest BCUT2D eigenvalue weighted by atomic mass is 9.92. The number of carboxylic acids is 1. The number of pyridine rings is 1. The number of piperidine rings is 1. The molecule has 1 saturated heterocycles. The zero-order valence-electron chi connectivity index (χ0n) is 23.9. The van der Waals surface area contributed by atoms with E-state index in [4.69, 9.17) is 14.5 Å². The van der Waals surface area contributed by atoms with E-state index in [1.54, 1.807) is 6.92 Å². The van der Waals surface area contributed by atoms with Crippen LogP contribution in [0.3, 0.4) is 0 Å². The summed E-state index contributed by atoms with van der Waals surface area (Å²) >= 11 is 0. The van der Waals surface area contributed by atoms with Gasteiger partial charge in [-0.3, -0.25) is 0 Å². The van der Waals surface area contributed by atoms with Gasteiger partial charge >= 0.3 is 12.1 Å². The first kappa shape index (κ1) is 28.9. The Kier molecular flexibility index (Phi) is 9.20. The van der Waals surface area contributed by atoms with Gasteiger partial charge in [-0.15, -0.1) is 0 Å². The van der Waals surface area contributed by atoms with Gasteiger partial charge in [-0.2, -0.15) is 0 Å². The number of rotatable bonds is 10. The zero-order valence-corrected chi connectivity index (χ0v) is 23.9. The molecule has 4 N–H and O–H groups in total. The van der Waals surface area contributed by atoms with Crippen molar-refractivity contribution < 1.29 is 24.2 Å². The van der Waals surface area contributed by atoms with Crippen LogP contribution in [0.1, 0.15) is 47.8 Å². The molecule has 42 heavy (non-hydrogen) atoms. The highest BCUT2D eigenvalue weighted by Gasteiger charge is 2.28. The number of anilines is 3. The number of alkyl carbamates (subject to hydrolysis) is 1. The minimum atomic E-state index is -1.26. The number of nitrogens with one attached hydrogen (secondary N) is 3. The second kappa shape index (κ2) is 13.4. The summed E-state index contributed by atoms with van der Waals surface area (Å²) in [6, 6.07) is 12.3. The van der Waals surface area contributed by atoms with E-state index in [1.807, 2.05) is 30.3 Å². The first-order valence-corrected chi connectivity index (χ1v) is 14.3. The average molecular weight is 576 g/mol. The Morgan fingerprint density at radius 3 is 2.64 bits per heavy atom. The van der Waals surface area contributed by atoms with Gasteiger partial charge in [-0.05, 0) is 49.8 Å². The predicted octanol–water partition coefficient (Wildman–Crippen LogP) is 3.72. The Labute approximate surface area is 244 Å². The summed E-state index contributed by atoms with van der Waals surface area (Å²) in [6.45, 7) is 4.16. The van der Waals surface area contributed by atoms with Crippen LogP contribution in [0.4, 0.5) is 22.2 Å². The van der Waals surface area contributed by atoms with Crippen LogP contribution in [0.25, 0.3) is 0 Å². The Balaban J connectivity index is 1.21. The van der Waals surface area contributed by atoms with Crippen LogP contribution < -0.4 is 25.6 Å². The van der Waals surface area contributed by atoms with E-state index >= 15 is 0 Å². The maximum Gasteiger partial charge on any atom is 0.408 e. The predicted molar refractivity (Wildman–Crippen MR) is 158 cm³/mol. The number of carbonyl (C=O) groups excluding carboxylic acids is 1. The van der Waals surface area contributed by atoms with Crippen molar-refractivity contribution in [3.05, 3.63) is 65.1 Å². The van der Waals surface area contributed by atoms with Gasteiger partial charge in [0.2, 0.25) is 5.75 Å². The quantitative estimate of drug-likeness (QED) is 0.280. The van der Waals surface area contributed by atoms with Crippen LogP contribution in [0, 0.1) is 6.92 Å². The van der Waals surface area contributed by atoms with E-state index in [9.17, 15) is 14.7 Å². The molecule has 4 heterocycles. The van der Waals surface area contributed by atoms with Crippen LogP contribution in [-0.4, -0.2) is 71.5 Å². The van der Waals surface area contributed by atoms with Crippen molar-refractivity contribution in [3.63, 3.8) is 0 Å². The second-order valence-corrected chi connectivity index (χ2v) is 10.5. The molecule has 1 unspecified atom stereocenters. The maximum atomic E-state index is 12.3. The summed E-state index contributed by atoms with van der Waals surface area (Å²) < 4.78 is 10.9. The van der Waals surface area contributed by atoms with Gasteiger partial charge in [0.25, 0.3) is 0 Å². The topological polar surface area (TPSA) is 151 Å². The molecule has 0 radical (unpaired) electrons. The molecule has 0 aliphatic carbocycles. The molecule has 1 aromatic carbocycles. The number of hydrogen-bond acceptors (Lipinski definition) is 10. The molecule has 3 aromatic rings. The van der Waals surface area contributed by atoms with E-state index < -0.39 is 18.1 Å². The molecule has 0 bridgehead atoms. The molecule has 5 rings (SSSR count). The SMILES string of the molecule is COc1c(NCC(NC(=O)OCc2ccccc2)C(=O)O)nc(C)nc1N1CCC(c2ccc3c(n2)NCCC3)CC1. The number of carbonyl (C=O) groups is 2. The van der Waals surface area contributed by atoms with Crippen LogP contribution in [-0.2, 0) is 22.6 Å². The number of hydrogen-bond donors (Lipinski definition) is 4. The molecule has 222 valence electrons. The Morgan fingerprint density at radius 1 is 1.12 bits per heavy atom. The lowest BCUT2D eigenvalue weighted by Gasteiger charge is -2.34. The fraction of sp³-hybridized carbons (Fsp3) is 0.433. The molecule has 2 aliphatic heterocycles. The van der Waals surface area contributed by atoms with Gasteiger partial charge in [-0.1, -0.05) is 36.4 Å². The number of fused-ring (bicyclic) bond motifs is 1. The molecule has 0 spiro atoms. The van der Waals surface area contributed by atoms with Crippen LogP contribution in [0.5, 0.6) is 5.75 Å². The molecule has 2 aromatic heterocycles. The number of ether oxygens (including phenoxy) is 2. The highest BCUT2D eigenvalue weighted by atomic mass is 16.5. The number of aromatic nitrogens is 3. The van der Waals surface area contributed by atoms with E-state index in [0.29, 0.717) is 29.1 Å². The fourth-order valence-electron chi connectivity index (χ4n) is 5.33. The Morgan fingerprint density at radius 2 is 1.90 bits per heavy atom. The maximum absolute atomic E-state index is 12.3. The van der Waals surface area contributed by atoms with Crippen molar-refractivity contribution in [2.75, 3.05) is 48.8 Å². The number of benzene rings is 1. The van der Waals surface area contributed by atoms with Gasteiger partial charge in [0.1, 0.15) is 24.3 Å². The van der Waals surface area contributed by atoms with Crippen molar-refractivity contribution in [1.29, 1.82) is 0 Å². The minimum absolute atomic E-state index is 0.0326. The molecular weight excluding hydrogens is 538 g/mol. The first-order chi connectivity index (χ1) is 20.4. The van der Waals surface area contributed by atoms with Crippen molar-refractivity contribution in [1.82, 2.24) is 20.3 Å². The van der Waals surface area contributed by atoms with E-state index in [1.165, 1.54) is 12.7 Å². The first-order valence-electron chi connectivity index (χ1n) is 14.3. The molecule has 12 nitrogen and oxygen atoms in total. The number of nitrogens with zero attached hydrogens (tertiary/aromatic N) is 4. The highest BCUT2D eigenvalue weighted by molar-refractivity contribution is 5.80. The van der Waals surface area contributed by atoms with Gasteiger partial charge in [0.15, 0.2) is 11.6 Å². The standard InChI is InChI=1S/C30H37N7O5/c1-19-33-27(32-17-24(29(38)39)36-30(40)42-18-20-7-4-3-5-8-20)25(41-2)28(34-19)37-15-12-21(13-16-37)23-11-10-22-9-6-14-31-26(22)35-23/h3-5,7-8,10-11,21,24H,6,9,12-18H2,1-2H3,(H,31,35)(H,36,40)(H,38,39)(H,32,33,34). The van der Waals surface area contributed by atoms with Crippen molar-refractivity contribution >= 4 is 29.5 Å². The summed E-state index contributed by atoms with van der Waals surface area (Å²) in [7, 11) is 1.54. The minimum Gasteiger partial charge on any atom is -0.490 e. The number of aliphatic carboxylic acids is 1. The number of carboxylic acid groups (broad SMARTS) is 1.